The molecule has 1 aromatic rings. The first-order valence-electron chi connectivity index (χ1n) is 7.15. The van der Waals surface area contributed by atoms with E-state index in [-0.39, 0.29) is 5.92 Å². The molecule has 3 heteroatoms. The van der Waals surface area contributed by atoms with Crippen molar-refractivity contribution in [3.8, 4) is 0 Å². The molecule has 0 N–H and O–H groups in total. The zero-order valence-electron chi connectivity index (χ0n) is 11.5. The smallest absolute Gasteiger partial charge is 0.230 e. The van der Waals surface area contributed by atoms with Gasteiger partial charge in [-0.25, -0.2) is 0 Å². The van der Waals surface area contributed by atoms with E-state index in [1.807, 2.05) is 29.2 Å². The molecule has 0 bridgehead atoms. The molecule has 4 atom stereocenters. The van der Waals surface area contributed by atoms with Gasteiger partial charge >= 0.3 is 0 Å². The molecule has 3 rings (SSSR count). The van der Waals surface area contributed by atoms with Gasteiger partial charge in [-0.3, -0.25) is 4.79 Å². The molecular formula is C16H20ClNO. The first-order valence-corrected chi connectivity index (χ1v) is 7.52. The van der Waals surface area contributed by atoms with Crippen LogP contribution in [0.1, 0.15) is 26.7 Å². The lowest BCUT2D eigenvalue weighted by Crippen LogP contribution is -2.49. The molecule has 1 heterocycles. The minimum absolute atomic E-state index is 0.222. The first-order chi connectivity index (χ1) is 9.08. The van der Waals surface area contributed by atoms with Gasteiger partial charge in [0.15, 0.2) is 0 Å². The Labute approximate surface area is 119 Å². The van der Waals surface area contributed by atoms with Crippen molar-refractivity contribution in [1.29, 1.82) is 0 Å². The Kier molecular flexibility index (Phi) is 3.30. The standard InChI is InChI=1S/C16H20ClNO/c1-10-3-8-14-11(2)9-18(16(19)15(10)14)13-6-4-12(17)5-7-13/h4-7,10-11,14-15H,3,8-9H2,1-2H3/t10?,11-,14?,15-/m1/s1. The fraction of sp³-hybridized carbons (Fsp3) is 0.562. The Morgan fingerprint density at radius 2 is 1.79 bits per heavy atom. The van der Waals surface area contributed by atoms with Crippen LogP contribution in [0.4, 0.5) is 5.69 Å². The van der Waals surface area contributed by atoms with Crippen LogP contribution in [-0.4, -0.2) is 12.5 Å². The second-order valence-corrected chi connectivity index (χ2v) is 6.58. The fourth-order valence-electron chi connectivity index (χ4n) is 3.85. The summed E-state index contributed by atoms with van der Waals surface area (Å²) in [4.78, 5) is 14.7. The maximum absolute atomic E-state index is 12.7. The molecule has 1 saturated heterocycles. The predicted octanol–water partition coefficient (Wildman–Crippen LogP) is 3.99. The lowest BCUT2D eigenvalue weighted by atomic mass is 9.77. The third-order valence-electron chi connectivity index (χ3n) is 4.92. The van der Waals surface area contributed by atoms with Gasteiger partial charge in [-0.2, -0.15) is 0 Å². The third-order valence-corrected chi connectivity index (χ3v) is 5.17. The lowest BCUT2D eigenvalue weighted by molar-refractivity contribution is -0.127. The highest BCUT2D eigenvalue weighted by Crippen LogP contribution is 2.46. The molecule has 2 aliphatic rings. The quantitative estimate of drug-likeness (QED) is 0.760. The molecule has 1 aliphatic carbocycles. The van der Waals surface area contributed by atoms with E-state index in [1.54, 1.807) is 0 Å². The summed E-state index contributed by atoms with van der Waals surface area (Å²) in [5, 5.41) is 0.716. The van der Waals surface area contributed by atoms with Crippen molar-refractivity contribution >= 4 is 23.2 Å². The van der Waals surface area contributed by atoms with Gasteiger partial charge in [-0.1, -0.05) is 25.4 Å². The summed E-state index contributed by atoms with van der Waals surface area (Å²) in [5.41, 5.74) is 0.985. The van der Waals surface area contributed by atoms with Crippen LogP contribution < -0.4 is 4.90 Å². The van der Waals surface area contributed by atoms with Crippen molar-refractivity contribution in [3.63, 3.8) is 0 Å². The molecular weight excluding hydrogens is 258 g/mol. The Bertz CT molecular complexity index is 484. The summed E-state index contributed by atoms with van der Waals surface area (Å²) < 4.78 is 0. The van der Waals surface area contributed by atoms with Crippen LogP contribution in [0.25, 0.3) is 0 Å². The van der Waals surface area contributed by atoms with Crippen LogP contribution in [-0.2, 0) is 4.79 Å². The van der Waals surface area contributed by atoms with Gasteiger partial charge in [-0.15, -0.1) is 0 Å². The number of benzene rings is 1. The number of fused-ring (bicyclic) bond motifs is 1. The lowest BCUT2D eigenvalue weighted by Gasteiger charge is -2.40. The SMILES string of the molecule is CC1CCC2[C@@H]1C(=O)N(c1ccc(Cl)cc1)C[C@H]2C. The second-order valence-electron chi connectivity index (χ2n) is 6.15. The van der Waals surface area contributed by atoms with Crippen molar-refractivity contribution in [3.05, 3.63) is 29.3 Å². The number of carbonyl (C=O) groups is 1. The van der Waals surface area contributed by atoms with Crippen molar-refractivity contribution in [2.75, 3.05) is 11.4 Å². The number of hydrogen-bond donors (Lipinski definition) is 0. The highest BCUT2D eigenvalue weighted by molar-refractivity contribution is 6.30. The molecule has 0 aromatic heterocycles. The Morgan fingerprint density at radius 1 is 1.11 bits per heavy atom. The summed E-state index contributed by atoms with van der Waals surface area (Å²) in [6.45, 7) is 5.35. The summed E-state index contributed by atoms with van der Waals surface area (Å²) in [6.07, 6.45) is 2.41. The minimum atomic E-state index is 0.222. The van der Waals surface area contributed by atoms with Crippen LogP contribution in [0.3, 0.4) is 0 Å². The molecule has 1 saturated carbocycles. The zero-order chi connectivity index (χ0) is 13.6. The molecule has 1 aromatic carbocycles. The molecule has 1 aliphatic heterocycles. The maximum atomic E-state index is 12.7. The van der Waals surface area contributed by atoms with Crippen molar-refractivity contribution < 1.29 is 4.79 Å². The van der Waals surface area contributed by atoms with Crippen LogP contribution in [0.15, 0.2) is 24.3 Å². The van der Waals surface area contributed by atoms with Crippen LogP contribution in [0, 0.1) is 23.7 Å². The monoisotopic (exact) mass is 277 g/mol. The van der Waals surface area contributed by atoms with E-state index >= 15 is 0 Å². The van der Waals surface area contributed by atoms with Crippen LogP contribution >= 0.6 is 11.6 Å². The van der Waals surface area contributed by atoms with E-state index in [0.29, 0.717) is 28.7 Å². The summed E-state index contributed by atoms with van der Waals surface area (Å²) in [6, 6.07) is 7.62. The van der Waals surface area contributed by atoms with Crippen molar-refractivity contribution in [2.45, 2.75) is 26.7 Å². The number of piperidine rings is 1. The summed E-state index contributed by atoms with van der Waals surface area (Å²) >= 11 is 5.92. The van der Waals surface area contributed by atoms with Gasteiger partial charge in [0.2, 0.25) is 5.91 Å². The number of rotatable bonds is 1. The van der Waals surface area contributed by atoms with E-state index in [2.05, 4.69) is 13.8 Å². The molecule has 2 unspecified atom stereocenters. The molecule has 0 spiro atoms. The van der Waals surface area contributed by atoms with Crippen LogP contribution in [0.5, 0.6) is 0 Å². The minimum Gasteiger partial charge on any atom is -0.312 e. The second kappa shape index (κ2) is 4.82. The zero-order valence-corrected chi connectivity index (χ0v) is 12.2. The Hall–Kier alpha value is -1.02. The maximum Gasteiger partial charge on any atom is 0.230 e. The van der Waals surface area contributed by atoms with E-state index in [1.165, 1.54) is 12.8 Å². The first kappa shape index (κ1) is 13.0. The van der Waals surface area contributed by atoms with Crippen molar-refractivity contribution in [1.82, 2.24) is 0 Å². The fourth-order valence-corrected chi connectivity index (χ4v) is 3.97. The third kappa shape index (κ3) is 2.16. The van der Waals surface area contributed by atoms with E-state index in [9.17, 15) is 4.79 Å². The summed E-state index contributed by atoms with van der Waals surface area (Å²) in [7, 11) is 0. The molecule has 2 fully saturated rings. The van der Waals surface area contributed by atoms with Gasteiger partial charge in [0, 0.05) is 23.2 Å². The van der Waals surface area contributed by atoms with Crippen molar-refractivity contribution in [2.24, 2.45) is 23.7 Å². The number of carbonyl (C=O) groups excluding carboxylic acids is 1. The topological polar surface area (TPSA) is 20.3 Å². The summed E-state index contributed by atoms with van der Waals surface area (Å²) in [5.74, 6) is 2.24. The number of amides is 1. The van der Waals surface area contributed by atoms with Crippen LogP contribution in [0.2, 0.25) is 5.02 Å². The van der Waals surface area contributed by atoms with E-state index < -0.39 is 0 Å². The van der Waals surface area contributed by atoms with E-state index in [0.717, 1.165) is 12.2 Å². The Morgan fingerprint density at radius 3 is 2.47 bits per heavy atom. The number of anilines is 1. The largest absolute Gasteiger partial charge is 0.312 e. The normalized spacial score (nSPS) is 34.5. The Balaban J connectivity index is 1.90. The van der Waals surface area contributed by atoms with Gasteiger partial charge in [0.25, 0.3) is 0 Å². The number of halogens is 1. The molecule has 19 heavy (non-hydrogen) atoms. The van der Waals surface area contributed by atoms with E-state index in [4.69, 9.17) is 11.6 Å². The number of nitrogens with zero attached hydrogens (tertiary/aromatic N) is 1. The highest BCUT2D eigenvalue weighted by atomic mass is 35.5. The molecule has 102 valence electrons. The molecule has 1 amide bonds. The average Bonchev–Trinajstić information content (AvgIpc) is 2.78. The van der Waals surface area contributed by atoms with Gasteiger partial charge < -0.3 is 4.90 Å². The van der Waals surface area contributed by atoms with Gasteiger partial charge in [0.05, 0.1) is 0 Å². The van der Waals surface area contributed by atoms with Gasteiger partial charge in [-0.05, 0) is 54.9 Å². The van der Waals surface area contributed by atoms with Gasteiger partial charge in [0.1, 0.15) is 0 Å². The molecule has 0 radical (unpaired) electrons. The molecule has 2 nitrogen and oxygen atoms in total. The highest BCUT2D eigenvalue weighted by Gasteiger charge is 2.47. The average molecular weight is 278 g/mol. The number of hydrogen-bond acceptors (Lipinski definition) is 1. The predicted molar refractivity (Wildman–Crippen MR) is 78.3 cm³/mol.